The minimum Gasteiger partial charge on any atom is -0.506 e. The molecule has 1 aromatic heterocycles. The molecule has 2 rings (SSSR count). The summed E-state index contributed by atoms with van der Waals surface area (Å²) < 4.78 is 4.92. The van der Waals surface area contributed by atoms with Crippen LogP contribution in [0.4, 0.5) is 0 Å². The molecule has 0 radical (unpaired) electrons. The van der Waals surface area contributed by atoms with Crippen molar-refractivity contribution in [3.8, 4) is 5.75 Å². The van der Waals surface area contributed by atoms with Gasteiger partial charge in [-0.2, -0.15) is 0 Å². The average Bonchev–Trinajstić information content (AvgIpc) is 2.79. The first kappa shape index (κ1) is 12.4. The molecule has 0 aliphatic heterocycles. The normalized spacial score (nSPS) is 10.8. The summed E-state index contributed by atoms with van der Waals surface area (Å²) in [4.78, 5) is 14.5. The Hall–Kier alpha value is -2.01. The molecule has 0 aliphatic carbocycles. The number of phenols is 1. The van der Waals surface area contributed by atoms with E-state index in [9.17, 15) is 9.90 Å². The number of ether oxygens (including phenoxy) is 1. The third kappa shape index (κ3) is 2.17. The predicted octanol–water partition coefficient (Wildman–Crippen LogP) is 1.55. The van der Waals surface area contributed by atoms with Crippen molar-refractivity contribution in [3.05, 3.63) is 29.5 Å². The highest BCUT2D eigenvalue weighted by molar-refractivity contribution is 5.98. The van der Waals surface area contributed by atoms with Gasteiger partial charge >= 0.3 is 5.97 Å². The number of fused-ring (bicyclic) bond motifs is 1. The van der Waals surface area contributed by atoms with E-state index < -0.39 is 5.97 Å². The molecule has 0 saturated carbocycles. The molecule has 96 valence electrons. The first-order chi connectivity index (χ1) is 8.67. The number of aromatic hydroxyl groups is 1. The van der Waals surface area contributed by atoms with Gasteiger partial charge in [-0.1, -0.05) is 6.07 Å². The molecule has 0 saturated heterocycles. The van der Waals surface area contributed by atoms with Crippen LogP contribution >= 0.6 is 0 Å². The van der Waals surface area contributed by atoms with Gasteiger partial charge in [-0.3, -0.25) is 0 Å². The average molecular weight is 248 g/mol. The number of carbonyl (C=O) groups is 1. The number of carbonyl (C=O) groups excluding carboxylic acids is 1. The van der Waals surface area contributed by atoms with E-state index in [0.717, 1.165) is 10.9 Å². The lowest BCUT2D eigenvalue weighted by Gasteiger charge is -2.02. The van der Waals surface area contributed by atoms with Crippen LogP contribution in [0.3, 0.4) is 0 Å². The first-order valence-corrected chi connectivity index (χ1v) is 5.88. The molecule has 4 N–H and O–H groups in total. The SMILES string of the molecule is CCOC(=O)c1cc2c(CCN)ccc(O)c2[nH]1. The van der Waals surface area contributed by atoms with Crippen LogP contribution in [0.5, 0.6) is 5.75 Å². The Morgan fingerprint density at radius 3 is 2.94 bits per heavy atom. The maximum atomic E-state index is 11.6. The summed E-state index contributed by atoms with van der Waals surface area (Å²) in [6.45, 7) is 2.58. The lowest BCUT2D eigenvalue weighted by Crippen LogP contribution is -2.04. The van der Waals surface area contributed by atoms with Crippen molar-refractivity contribution in [2.24, 2.45) is 5.73 Å². The highest BCUT2D eigenvalue weighted by atomic mass is 16.5. The summed E-state index contributed by atoms with van der Waals surface area (Å²) in [5.74, 6) is -0.312. The van der Waals surface area contributed by atoms with Crippen LogP contribution in [-0.2, 0) is 11.2 Å². The van der Waals surface area contributed by atoms with Gasteiger partial charge in [0.05, 0.1) is 12.1 Å². The summed E-state index contributed by atoms with van der Waals surface area (Å²) >= 11 is 0. The van der Waals surface area contributed by atoms with Crippen LogP contribution in [-0.4, -0.2) is 29.2 Å². The number of rotatable bonds is 4. The Balaban J connectivity index is 2.51. The number of aromatic amines is 1. The maximum Gasteiger partial charge on any atom is 0.354 e. The molecule has 0 atom stereocenters. The van der Waals surface area contributed by atoms with Crippen LogP contribution in [0.15, 0.2) is 18.2 Å². The Kier molecular flexibility index (Phi) is 3.53. The van der Waals surface area contributed by atoms with E-state index in [4.69, 9.17) is 10.5 Å². The number of nitrogens with one attached hydrogen (secondary N) is 1. The fourth-order valence-electron chi connectivity index (χ4n) is 1.95. The van der Waals surface area contributed by atoms with E-state index in [2.05, 4.69) is 4.98 Å². The van der Waals surface area contributed by atoms with Gasteiger partial charge in [0, 0.05) is 5.39 Å². The summed E-state index contributed by atoms with van der Waals surface area (Å²) in [6.07, 6.45) is 0.691. The van der Waals surface area contributed by atoms with E-state index in [0.29, 0.717) is 30.8 Å². The van der Waals surface area contributed by atoms with E-state index in [-0.39, 0.29) is 5.75 Å². The minimum absolute atomic E-state index is 0.112. The molecule has 0 fully saturated rings. The van der Waals surface area contributed by atoms with Gasteiger partial charge in [-0.05, 0) is 37.6 Å². The Labute approximate surface area is 105 Å². The van der Waals surface area contributed by atoms with Crippen LogP contribution in [0.1, 0.15) is 23.0 Å². The van der Waals surface area contributed by atoms with E-state index in [1.807, 2.05) is 6.07 Å². The highest BCUT2D eigenvalue weighted by Crippen LogP contribution is 2.28. The van der Waals surface area contributed by atoms with Crippen molar-refractivity contribution >= 4 is 16.9 Å². The summed E-state index contributed by atoms with van der Waals surface area (Å²) in [7, 11) is 0. The summed E-state index contributed by atoms with van der Waals surface area (Å²) in [5.41, 5.74) is 7.42. The molecular weight excluding hydrogens is 232 g/mol. The van der Waals surface area contributed by atoms with Crippen LogP contribution in [0.25, 0.3) is 10.9 Å². The van der Waals surface area contributed by atoms with Gasteiger partial charge in [-0.25, -0.2) is 4.79 Å². The minimum atomic E-state index is -0.424. The molecular formula is C13H16N2O3. The van der Waals surface area contributed by atoms with Crippen LogP contribution < -0.4 is 5.73 Å². The predicted molar refractivity (Wildman–Crippen MR) is 68.7 cm³/mol. The zero-order valence-corrected chi connectivity index (χ0v) is 10.2. The number of benzene rings is 1. The lowest BCUT2D eigenvalue weighted by atomic mass is 10.1. The summed E-state index contributed by atoms with van der Waals surface area (Å²) in [6, 6.07) is 5.10. The third-order valence-corrected chi connectivity index (χ3v) is 2.77. The Morgan fingerprint density at radius 1 is 1.50 bits per heavy atom. The molecule has 2 aromatic rings. The van der Waals surface area contributed by atoms with Crippen molar-refractivity contribution in [2.75, 3.05) is 13.2 Å². The zero-order chi connectivity index (χ0) is 13.1. The van der Waals surface area contributed by atoms with E-state index in [1.54, 1.807) is 19.1 Å². The zero-order valence-electron chi connectivity index (χ0n) is 10.2. The van der Waals surface area contributed by atoms with Gasteiger partial charge < -0.3 is 20.6 Å². The second kappa shape index (κ2) is 5.10. The highest BCUT2D eigenvalue weighted by Gasteiger charge is 2.14. The van der Waals surface area contributed by atoms with Crippen LogP contribution in [0, 0.1) is 0 Å². The fraction of sp³-hybridized carbons (Fsp3) is 0.308. The largest absolute Gasteiger partial charge is 0.506 e. The molecule has 0 bridgehead atoms. The van der Waals surface area contributed by atoms with E-state index >= 15 is 0 Å². The number of nitrogens with two attached hydrogens (primary N) is 1. The van der Waals surface area contributed by atoms with Gasteiger partial charge in [0.1, 0.15) is 11.4 Å². The smallest absolute Gasteiger partial charge is 0.354 e. The number of phenolic OH excluding ortho intramolecular Hbond substituents is 1. The number of hydrogen-bond acceptors (Lipinski definition) is 4. The maximum absolute atomic E-state index is 11.6. The molecule has 0 unspecified atom stereocenters. The van der Waals surface area contributed by atoms with Crippen LogP contribution in [0.2, 0.25) is 0 Å². The molecule has 5 heteroatoms. The van der Waals surface area contributed by atoms with Gasteiger partial charge in [0.2, 0.25) is 0 Å². The van der Waals surface area contributed by atoms with Crippen molar-refractivity contribution in [1.29, 1.82) is 0 Å². The second-order valence-electron chi connectivity index (χ2n) is 3.97. The summed E-state index contributed by atoms with van der Waals surface area (Å²) in [5, 5.41) is 10.6. The molecule has 5 nitrogen and oxygen atoms in total. The fourth-order valence-corrected chi connectivity index (χ4v) is 1.95. The Morgan fingerprint density at radius 2 is 2.28 bits per heavy atom. The Bertz CT molecular complexity index is 575. The molecule has 18 heavy (non-hydrogen) atoms. The number of aromatic nitrogens is 1. The van der Waals surface area contributed by atoms with Gasteiger partial charge in [-0.15, -0.1) is 0 Å². The first-order valence-electron chi connectivity index (χ1n) is 5.88. The van der Waals surface area contributed by atoms with Gasteiger partial charge in [0.15, 0.2) is 0 Å². The topological polar surface area (TPSA) is 88.3 Å². The molecule has 1 aromatic carbocycles. The molecule has 0 spiro atoms. The lowest BCUT2D eigenvalue weighted by molar-refractivity contribution is 0.0520. The van der Waals surface area contributed by atoms with Crippen molar-refractivity contribution in [1.82, 2.24) is 4.98 Å². The number of hydrogen-bond donors (Lipinski definition) is 3. The quantitative estimate of drug-likeness (QED) is 0.716. The molecule has 0 aliphatic rings. The molecule has 1 heterocycles. The van der Waals surface area contributed by atoms with Crippen molar-refractivity contribution in [2.45, 2.75) is 13.3 Å². The molecule has 0 amide bonds. The third-order valence-electron chi connectivity index (χ3n) is 2.77. The van der Waals surface area contributed by atoms with Crippen molar-refractivity contribution in [3.63, 3.8) is 0 Å². The van der Waals surface area contributed by atoms with Gasteiger partial charge in [0.25, 0.3) is 0 Å². The number of esters is 1. The monoisotopic (exact) mass is 248 g/mol. The number of H-pyrrole nitrogens is 1. The standard InChI is InChI=1S/C13H16N2O3/c1-2-18-13(17)10-7-9-8(5-6-14)3-4-11(16)12(9)15-10/h3-4,7,15-16H,2,5-6,14H2,1H3. The van der Waals surface area contributed by atoms with Crippen molar-refractivity contribution < 1.29 is 14.6 Å². The van der Waals surface area contributed by atoms with E-state index in [1.165, 1.54) is 0 Å². The second-order valence-corrected chi connectivity index (χ2v) is 3.97.